The zero-order valence-electron chi connectivity index (χ0n) is 10.6. The van der Waals surface area contributed by atoms with Crippen molar-refractivity contribution in [1.82, 2.24) is 0 Å². The van der Waals surface area contributed by atoms with Crippen LogP contribution in [-0.4, -0.2) is 0 Å². The van der Waals surface area contributed by atoms with Gasteiger partial charge in [-0.3, -0.25) is 0 Å². The molecule has 0 bridgehead atoms. The minimum absolute atomic E-state index is 0.172. The molecule has 0 amide bonds. The van der Waals surface area contributed by atoms with Crippen LogP contribution in [0.5, 0.6) is 0 Å². The zero-order chi connectivity index (χ0) is 13.1. The molecule has 2 heteroatoms. The van der Waals surface area contributed by atoms with Gasteiger partial charge in [-0.05, 0) is 59.6 Å². The van der Waals surface area contributed by atoms with Gasteiger partial charge in [0.2, 0.25) is 0 Å². The summed E-state index contributed by atoms with van der Waals surface area (Å²) in [6.07, 6.45) is 2.50. The second-order valence-corrected chi connectivity index (χ2v) is 5.73. The molecule has 0 unspecified atom stereocenters. The van der Waals surface area contributed by atoms with Crippen molar-refractivity contribution < 1.29 is 4.39 Å². The van der Waals surface area contributed by atoms with Gasteiger partial charge >= 0.3 is 0 Å². The fourth-order valence-corrected chi connectivity index (χ4v) is 2.97. The average Bonchev–Trinajstić information content (AvgIpc) is 3.27. The van der Waals surface area contributed by atoms with Crippen molar-refractivity contribution in [3.05, 3.63) is 71.4 Å². The van der Waals surface area contributed by atoms with Crippen molar-refractivity contribution in [1.29, 1.82) is 0 Å². The first kappa shape index (κ1) is 12.5. The lowest BCUT2D eigenvalue weighted by molar-refractivity contribution is 0.627. The Morgan fingerprint density at radius 1 is 1.00 bits per heavy atom. The molecule has 2 aromatic rings. The molecule has 1 saturated carbocycles. The van der Waals surface area contributed by atoms with E-state index in [0.717, 1.165) is 5.56 Å². The molecule has 96 valence electrons. The standard InChI is InChI=1S/C17H15FS/c18-15-10-8-14(9-11-15)17(13-6-7-13)12-19-16-4-2-1-3-5-16/h1-5,8-13H,6-7H2/b17-12-. The van der Waals surface area contributed by atoms with E-state index in [0.29, 0.717) is 5.92 Å². The van der Waals surface area contributed by atoms with E-state index in [1.54, 1.807) is 23.9 Å². The maximum Gasteiger partial charge on any atom is 0.123 e. The largest absolute Gasteiger partial charge is 0.207 e. The lowest BCUT2D eigenvalue weighted by Crippen LogP contribution is -1.86. The molecular formula is C17H15FS. The van der Waals surface area contributed by atoms with Crippen molar-refractivity contribution >= 4 is 17.3 Å². The number of thioether (sulfide) groups is 1. The van der Waals surface area contributed by atoms with Crippen LogP contribution in [0.2, 0.25) is 0 Å². The predicted octanol–water partition coefficient (Wildman–Crippen LogP) is 5.37. The molecule has 0 atom stereocenters. The lowest BCUT2D eigenvalue weighted by Gasteiger charge is -2.06. The molecule has 0 nitrogen and oxygen atoms in total. The van der Waals surface area contributed by atoms with E-state index < -0.39 is 0 Å². The van der Waals surface area contributed by atoms with Gasteiger partial charge < -0.3 is 0 Å². The van der Waals surface area contributed by atoms with Crippen LogP contribution in [0.15, 0.2) is 64.9 Å². The van der Waals surface area contributed by atoms with Crippen molar-refractivity contribution in [3.8, 4) is 0 Å². The second kappa shape index (κ2) is 5.62. The number of benzene rings is 2. The summed E-state index contributed by atoms with van der Waals surface area (Å²) in [4.78, 5) is 1.24. The lowest BCUT2D eigenvalue weighted by atomic mass is 10.0. The Morgan fingerprint density at radius 2 is 1.68 bits per heavy atom. The third kappa shape index (κ3) is 3.27. The maximum atomic E-state index is 13.0. The molecule has 1 fully saturated rings. The van der Waals surface area contributed by atoms with Crippen molar-refractivity contribution in [3.63, 3.8) is 0 Å². The van der Waals surface area contributed by atoms with Crippen LogP contribution >= 0.6 is 11.8 Å². The van der Waals surface area contributed by atoms with E-state index in [-0.39, 0.29) is 5.82 Å². The molecule has 0 radical (unpaired) electrons. The number of hydrogen-bond acceptors (Lipinski definition) is 1. The van der Waals surface area contributed by atoms with Crippen LogP contribution < -0.4 is 0 Å². The third-order valence-electron chi connectivity index (χ3n) is 3.26. The van der Waals surface area contributed by atoms with Gasteiger partial charge in [0.25, 0.3) is 0 Å². The van der Waals surface area contributed by atoms with E-state index in [1.165, 1.54) is 23.3 Å². The SMILES string of the molecule is Fc1ccc(/C(=C\Sc2ccccc2)C2CC2)cc1. The minimum atomic E-state index is -0.172. The Kier molecular flexibility index (Phi) is 3.69. The molecule has 2 aromatic carbocycles. The summed E-state index contributed by atoms with van der Waals surface area (Å²) in [5.41, 5.74) is 2.49. The van der Waals surface area contributed by atoms with Crippen LogP contribution in [0, 0.1) is 11.7 Å². The Labute approximate surface area is 117 Å². The van der Waals surface area contributed by atoms with Gasteiger partial charge in [-0.2, -0.15) is 0 Å². The van der Waals surface area contributed by atoms with Gasteiger partial charge in [0.1, 0.15) is 5.82 Å². The van der Waals surface area contributed by atoms with E-state index in [1.807, 2.05) is 30.3 Å². The normalized spacial score (nSPS) is 15.5. The summed E-state index contributed by atoms with van der Waals surface area (Å²) in [6.45, 7) is 0. The Bertz CT molecular complexity index is 568. The smallest absolute Gasteiger partial charge is 0.123 e. The Hall–Kier alpha value is -1.54. The molecular weight excluding hydrogens is 255 g/mol. The molecule has 0 saturated heterocycles. The summed E-state index contributed by atoms with van der Waals surface area (Å²) < 4.78 is 13.0. The fourth-order valence-electron chi connectivity index (χ4n) is 2.07. The van der Waals surface area contributed by atoms with Crippen molar-refractivity contribution in [2.24, 2.45) is 5.92 Å². The number of rotatable bonds is 4. The van der Waals surface area contributed by atoms with Gasteiger partial charge in [0.05, 0.1) is 0 Å². The fraction of sp³-hybridized carbons (Fsp3) is 0.176. The van der Waals surface area contributed by atoms with Gasteiger partial charge in [-0.25, -0.2) is 4.39 Å². The first-order valence-electron chi connectivity index (χ1n) is 6.50. The topological polar surface area (TPSA) is 0 Å². The van der Waals surface area contributed by atoms with Crippen molar-refractivity contribution in [2.45, 2.75) is 17.7 Å². The molecule has 1 aliphatic carbocycles. The van der Waals surface area contributed by atoms with Gasteiger partial charge in [0, 0.05) is 4.90 Å². The van der Waals surface area contributed by atoms with Crippen LogP contribution in [0.3, 0.4) is 0 Å². The van der Waals surface area contributed by atoms with Gasteiger partial charge in [-0.1, -0.05) is 42.1 Å². The summed E-state index contributed by atoms with van der Waals surface area (Å²) >= 11 is 1.74. The molecule has 0 aliphatic heterocycles. The van der Waals surface area contributed by atoms with E-state index in [2.05, 4.69) is 17.5 Å². The first-order chi connectivity index (χ1) is 9.33. The third-order valence-corrected chi connectivity index (χ3v) is 4.18. The van der Waals surface area contributed by atoms with E-state index in [4.69, 9.17) is 0 Å². The highest BCUT2D eigenvalue weighted by Gasteiger charge is 2.26. The van der Waals surface area contributed by atoms with E-state index in [9.17, 15) is 4.39 Å². The number of allylic oxidation sites excluding steroid dienone is 1. The number of halogens is 1. The Balaban J connectivity index is 1.83. The van der Waals surface area contributed by atoms with Crippen molar-refractivity contribution in [2.75, 3.05) is 0 Å². The average molecular weight is 270 g/mol. The highest BCUT2D eigenvalue weighted by atomic mass is 32.2. The highest BCUT2D eigenvalue weighted by Crippen LogP contribution is 2.43. The Morgan fingerprint density at radius 3 is 2.32 bits per heavy atom. The maximum absolute atomic E-state index is 13.0. The molecule has 3 rings (SSSR count). The minimum Gasteiger partial charge on any atom is -0.207 e. The molecule has 0 aromatic heterocycles. The molecule has 19 heavy (non-hydrogen) atoms. The molecule has 0 spiro atoms. The zero-order valence-corrected chi connectivity index (χ0v) is 11.4. The summed E-state index contributed by atoms with van der Waals surface area (Å²) in [6, 6.07) is 17.2. The summed E-state index contributed by atoms with van der Waals surface area (Å²) in [5.74, 6) is 0.483. The van der Waals surface area contributed by atoms with Crippen LogP contribution in [0.1, 0.15) is 18.4 Å². The monoisotopic (exact) mass is 270 g/mol. The second-order valence-electron chi connectivity index (χ2n) is 4.79. The van der Waals surface area contributed by atoms with Gasteiger partial charge in [-0.15, -0.1) is 0 Å². The van der Waals surface area contributed by atoms with Crippen LogP contribution in [0.4, 0.5) is 4.39 Å². The van der Waals surface area contributed by atoms with Crippen LogP contribution in [0.25, 0.3) is 5.57 Å². The highest BCUT2D eigenvalue weighted by molar-refractivity contribution is 8.02. The number of hydrogen-bond donors (Lipinski definition) is 0. The predicted molar refractivity (Wildman–Crippen MR) is 79.4 cm³/mol. The van der Waals surface area contributed by atoms with Crippen LogP contribution in [-0.2, 0) is 0 Å². The molecule has 0 N–H and O–H groups in total. The van der Waals surface area contributed by atoms with E-state index >= 15 is 0 Å². The van der Waals surface area contributed by atoms with Gasteiger partial charge in [0.15, 0.2) is 0 Å². The summed E-state index contributed by atoms with van der Waals surface area (Å²) in [7, 11) is 0. The molecule has 1 aliphatic rings. The quantitative estimate of drug-likeness (QED) is 0.673. The summed E-state index contributed by atoms with van der Waals surface area (Å²) in [5, 5.41) is 2.22. The first-order valence-corrected chi connectivity index (χ1v) is 7.38. The molecule has 0 heterocycles.